The summed E-state index contributed by atoms with van der Waals surface area (Å²) in [5, 5.41) is 12.2. The van der Waals surface area contributed by atoms with E-state index >= 15 is 0 Å². The van der Waals surface area contributed by atoms with Gasteiger partial charge in [0.05, 0.1) is 5.69 Å². The van der Waals surface area contributed by atoms with Crippen molar-refractivity contribution in [1.29, 1.82) is 0 Å². The highest BCUT2D eigenvalue weighted by Gasteiger charge is 2.21. The van der Waals surface area contributed by atoms with Gasteiger partial charge in [0.1, 0.15) is 10.6 Å². The molecular weight excluding hydrogens is 276 g/mol. The van der Waals surface area contributed by atoms with Crippen molar-refractivity contribution in [1.82, 2.24) is 4.37 Å². The predicted molar refractivity (Wildman–Crippen MR) is 78.2 cm³/mol. The first-order chi connectivity index (χ1) is 9.58. The van der Waals surface area contributed by atoms with Gasteiger partial charge in [0, 0.05) is 6.42 Å². The van der Waals surface area contributed by atoms with E-state index in [2.05, 4.69) is 9.69 Å². The second kappa shape index (κ2) is 6.83. The monoisotopic (exact) mass is 296 g/mol. The molecule has 1 heterocycles. The van der Waals surface area contributed by atoms with E-state index in [-0.39, 0.29) is 11.5 Å². The molecule has 0 unspecified atom stereocenters. The molecule has 6 heteroatoms. The number of carboxylic acid groups (broad SMARTS) is 1. The Bertz CT molecular complexity index is 491. The number of nitrogens with one attached hydrogen (secondary N) is 1. The van der Waals surface area contributed by atoms with Gasteiger partial charge in [-0.1, -0.05) is 25.7 Å². The van der Waals surface area contributed by atoms with Gasteiger partial charge in [0.2, 0.25) is 5.91 Å². The maximum absolute atomic E-state index is 12.1. The molecule has 2 rings (SSSR count). The highest BCUT2D eigenvalue weighted by atomic mass is 32.1. The van der Waals surface area contributed by atoms with Crippen LogP contribution in [0.25, 0.3) is 0 Å². The Morgan fingerprint density at radius 2 is 1.95 bits per heavy atom. The fourth-order valence-electron chi connectivity index (χ4n) is 2.71. The Balaban J connectivity index is 1.95. The van der Waals surface area contributed by atoms with Crippen molar-refractivity contribution >= 4 is 28.4 Å². The van der Waals surface area contributed by atoms with Crippen molar-refractivity contribution in [3.05, 3.63) is 11.3 Å². The molecule has 0 bridgehead atoms. The Morgan fingerprint density at radius 1 is 1.30 bits per heavy atom. The first-order valence-electron chi connectivity index (χ1n) is 7.07. The summed E-state index contributed by atoms with van der Waals surface area (Å²) in [5.74, 6) is -0.705. The molecule has 1 aliphatic rings. The molecule has 110 valence electrons. The Labute approximate surface area is 122 Å². The molecular formula is C14H20N2O3S. The summed E-state index contributed by atoms with van der Waals surface area (Å²) in [7, 11) is 0. The van der Waals surface area contributed by atoms with Gasteiger partial charge in [-0.3, -0.25) is 4.79 Å². The molecule has 20 heavy (non-hydrogen) atoms. The van der Waals surface area contributed by atoms with Gasteiger partial charge in [-0.15, -0.1) is 0 Å². The Kier molecular flexibility index (Phi) is 5.11. The lowest BCUT2D eigenvalue weighted by Crippen LogP contribution is -2.17. The van der Waals surface area contributed by atoms with Crippen LogP contribution in [0.15, 0.2) is 0 Å². The van der Waals surface area contributed by atoms with E-state index in [0.29, 0.717) is 23.0 Å². The maximum atomic E-state index is 12.1. The lowest BCUT2D eigenvalue weighted by Gasteiger charge is -2.13. The molecule has 0 aromatic carbocycles. The van der Waals surface area contributed by atoms with E-state index in [4.69, 9.17) is 5.11 Å². The highest BCUT2D eigenvalue weighted by Crippen LogP contribution is 2.28. The number of rotatable bonds is 4. The van der Waals surface area contributed by atoms with E-state index < -0.39 is 5.97 Å². The van der Waals surface area contributed by atoms with Gasteiger partial charge >= 0.3 is 5.97 Å². The van der Waals surface area contributed by atoms with Gasteiger partial charge in [-0.25, -0.2) is 4.79 Å². The number of aromatic nitrogens is 1. The van der Waals surface area contributed by atoms with Crippen molar-refractivity contribution in [2.45, 2.75) is 51.9 Å². The molecule has 1 saturated carbocycles. The van der Waals surface area contributed by atoms with E-state index in [9.17, 15) is 9.59 Å². The molecule has 0 aliphatic heterocycles. The van der Waals surface area contributed by atoms with Gasteiger partial charge in [0.15, 0.2) is 0 Å². The third-order valence-corrected chi connectivity index (χ3v) is 4.63. The summed E-state index contributed by atoms with van der Waals surface area (Å²) in [6.07, 6.45) is 7.58. The number of carboxylic acids is 1. The lowest BCUT2D eigenvalue weighted by atomic mass is 9.96. The van der Waals surface area contributed by atoms with Crippen LogP contribution in [0.1, 0.15) is 61.0 Å². The second-order valence-electron chi connectivity index (χ2n) is 5.39. The van der Waals surface area contributed by atoms with Crippen LogP contribution in [-0.4, -0.2) is 21.4 Å². The van der Waals surface area contributed by atoms with Crippen LogP contribution in [0.2, 0.25) is 0 Å². The van der Waals surface area contributed by atoms with Gasteiger partial charge in [-0.05, 0) is 37.2 Å². The topological polar surface area (TPSA) is 79.3 Å². The minimum Gasteiger partial charge on any atom is -0.478 e. The fraction of sp³-hybridized carbons (Fsp3) is 0.643. The summed E-state index contributed by atoms with van der Waals surface area (Å²) in [6, 6.07) is 0. The molecule has 0 spiro atoms. The largest absolute Gasteiger partial charge is 0.478 e. The summed E-state index contributed by atoms with van der Waals surface area (Å²) < 4.78 is 4.00. The summed E-state index contributed by atoms with van der Waals surface area (Å²) >= 11 is 1.04. The number of nitrogens with zero attached hydrogens (tertiary/aromatic N) is 1. The van der Waals surface area contributed by atoms with E-state index in [1.54, 1.807) is 6.92 Å². The summed E-state index contributed by atoms with van der Waals surface area (Å²) in [4.78, 5) is 23.2. The second-order valence-corrected chi connectivity index (χ2v) is 6.16. The van der Waals surface area contributed by atoms with Crippen LogP contribution >= 0.6 is 11.5 Å². The number of carbonyl (C=O) groups is 2. The zero-order valence-corrected chi connectivity index (χ0v) is 12.5. The number of anilines is 1. The van der Waals surface area contributed by atoms with E-state index in [1.165, 1.54) is 25.7 Å². The molecule has 0 atom stereocenters. The fourth-order valence-corrected chi connectivity index (χ4v) is 3.52. The SMILES string of the molecule is Cc1nsc(NC(=O)CC2CCCCCC2)c1C(=O)O. The molecule has 0 saturated heterocycles. The number of aryl methyl sites for hydroxylation is 1. The van der Waals surface area contributed by atoms with Crippen LogP contribution < -0.4 is 5.32 Å². The molecule has 1 aromatic heterocycles. The molecule has 1 aromatic rings. The first kappa shape index (κ1) is 15.0. The minimum absolute atomic E-state index is 0.0944. The van der Waals surface area contributed by atoms with E-state index in [1.807, 2.05) is 0 Å². The first-order valence-corrected chi connectivity index (χ1v) is 7.84. The lowest BCUT2D eigenvalue weighted by molar-refractivity contribution is -0.117. The van der Waals surface area contributed by atoms with Crippen molar-refractivity contribution in [2.24, 2.45) is 5.92 Å². The quantitative estimate of drug-likeness (QED) is 0.834. The highest BCUT2D eigenvalue weighted by molar-refractivity contribution is 7.11. The summed E-state index contributed by atoms with van der Waals surface area (Å²) in [6.45, 7) is 1.64. The van der Waals surface area contributed by atoms with Crippen LogP contribution in [0.4, 0.5) is 5.00 Å². The third kappa shape index (κ3) is 3.79. The van der Waals surface area contributed by atoms with Gasteiger partial charge in [-0.2, -0.15) is 4.37 Å². The van der Waals surface area contributed by atoms with Crippen molar-refractivity contribution in [3.8, 4) is 0 Å². The minimum atomic E-state index is -1.04. The third-order valence-electron chi connectivity index (χ3n) is 3.78. The number of hydrogen-bond acceptors (Lipinski definition) is 4. The standard InChI is InChI=1S/C14H20N2O3S/c1-9-12(14(18)19)13(20-16-9)15-11(17)8-10-6-4-2-3-5-7-10/h10H,2-8H2,1H3,(H,15,17)(H,18,19). The predicted octanol–water partition coefficient (Wildman–Crippen LogP) is 3.45. The zero-order chi connectivity index (χ0) is 14.5. The molecule has 1 aliphatic carbocycles. The van der Waals surface area contributed by atoms with Crippen molar-refractivity contribution < 1.29 is 14.7 Å². The zero-order valence-electron chi connectivity index (χ0n) is 11.6. The van der Waals surface area contributed by atoms with Crippen LogP contribution in [0.3, 0.4) is 0 Å². The number of amides is 1. The molecule has 1 amide bonds. The van der Waals surface area contributed by atoms with Crippen LogP contribution in [0, 0.1) is 12.8 Å². The average Bonchev–Trinajstić information content (AvgIpc) is 2.60. The van der Waals surface area contributed by atoms with E-state index in [0.717, 1.165) is 24.4 Å². The molecule has 0 radical (unpaired) electrons. The van der Waals surface area contributed by atoms with Crippen LogP contribution in [-0.2, 0) is 4.79 Å². The van der Waals surface area contributed by atoms with Crippen molar-refractivity contribution in [3.63, 3.8) is 0 Å². The van der Waals surface area contributed by atoms with Crippen molar-refractivity contribution in [2.75, 3.05) is 5.32 Å². The average molecular weight is 296 g/mol. The number of hydrogen-bond donors (Lipinski definition) is 2. The van der Waals surface area contributed by atoms with Crippen LogP contribution in [0.5, 0.6) is 0 Å². The summed E-state index contributed by atoms with van der Waals surface area (Å²) in [5.41, 5.74) is 0.566. The Morgan fingerprint density at radius 3 is 2.55 bits per heavy atom. The Hall–Kier alpha value is -1.43. The number of carbonyl (C=O) groups excluding carboxylic acids is 1. The van der Waals surface area contributed by atoms with Gasteiger partial charge < -0.3 is 10.4 Å². The van der Waals surface area contributed by atoms with Gasteiger partial charge in [0.25, 0.3) is 0 Å². The molecule has 2 N–H and O–H groups in total. The molecule has 5 nitrogen and oxygen atoms in total. The smallest absolute Gasteiger partial charge is 0.340 e. The maximum Gasteiger partial charge on any atom is 0.340 e. The normalized spacial score (nSPS) is 16.6. The number of aromatic carboxylic acids is 1. The molecule has 1 fully saturated rings.